The Balaban J connectivity index is 1.52. The number of hydrogen-bond acceptors (Lipinski definition) is 6. The Morgan fingerprint density at radius 2 is 2.15 bits per heavy atom. The maximum atomic E-state index is 9.35. The third-order valence-corrected chi connectivity index (χ3v) is 4.95. The van der Waals surface area contributed by atoms with Crippen LogP contribution in [0.1, 0.15) is 17.5 Å². The van der Waals surface area contributed by atoms with Gasteiger partial charge >= 0.3 is 0 Å². The van der Waals surface area contributed by atoms with Crippen LogP contribution in [0.5, 0.6) is 0 Å². The zero-order valence-electron chi connectivity index (χ0n) is 14.7. The van der Waals surface area contributed by atoms with Crippen LogP contribution in [0.3, 0.4) is 0 Å². The predicted octanol–water partition coefficient (Wildman–Crippen LogP) is 2.16. The van der Waals surface area contributed by atoms with E-state index >= 15 is 0 Å². The Morgan fingerprint density at radius 1 is 1.35 bits per heavy atom. The number of hydrogen-bond donors (Lipinski definition) is 3. The molecule has 3 aromatic rings. The second-order valence-corrected chi connectivity index (χ2v) is 6.99. The van der Waals surface area contributed by atoms with Gasteiger partial charge < -0.3 is 20.9 Å². The molecule has 1 atom stereocenters. The summed E-state index contributed by atoms with van der Waals surface area (Å²) < 4.78 is 0. The second kappa shape index (κ2) is 6.32. The quantitative estimate of drug-likeness (QED) is 0.668. The van der Waals surface area contributed by atoms with Crippen molar-refractivity contribution in [3.63, 3.8) is 0 Å². The van der Waals surface area contributed by atoms with Crippen molar-refractivity contribution in [1.82, 2.24) is 15.0 Å². The summed E-state index contributed by atoms with van der Waals surface area (Å²) in [6.45, 7) is 4.23. The molecule has 1 unspecified atom stereocenters. The number of anilines is 2. The molecule has 1 fully saturated rings. The van der Waals surface area contributed by atoms with Gasteiger partial charge in [-0.05, 0) is 25.5 Å². The van der Waals surface area contributed by atoms with Gasteiger partial charge in [0, 0.05) is 31.5 Å². The molecule has 2 aromatic heterocycles. The van der Waals surface area contributed by atoms with Crippen LogP contribution in [-0.4, -0.2) is 40.1 Å². The van der Waals surface area contributed by atoms with Crippen molar-refractivity contribution in [3.05, 3.63) is 47.9 Å². The second-order valence-electron chi connectivity index (χ2n) is 6.99. The molecular formula is C19H21N7. The molecule has 0 aliphatic carbocycles. The van der Waals surface area contributed by atoms with Gasteiger partial charge in [0.05, 0.1) is 16.5 Å². The Morgan fingerprint density at radius 3 is 2.92 bits per heavy atom. The fraction of sp³-hybridized carbons (Fsp3) is 0.316. The number of benzene rings is 1. The highest BCUT2D eigenvalue weighted by atomic mass is 15.2. The Labute approximate surface area is 151 Å². The fourth-order valence-electron chi connectivity index (χ4n) is 3.44. The van der Waals surface area contributed by atoms with E-state index in [2.05, 4.69) is 62.4 Å². The number of nitrogens with one attached hydrogen (secondary N) is 2. The Hall–Kier alpha value is -3.11. The molecule has 3 heterocycles. The van der Waals surface area contributed by atoms with Crippen LogP contribution in [0.25, 0.3) is 11.0 Å². The zero-order chi connectivity index (χ0) is 18.1. The maximum absolute atomic E-state index is 9.35. The van der Waals surface area contributed by atoms with Crippen LogP contribution in [-0.2, 0) is 0 Å². The average Bonchev–Trinajstić information content (AvgIpc) is 3.25. The lowest BCUT2D eigenvalue weighted by molar-refractivity contribution is 0.499. The summed E-state index contributed by atoms with van der Waals surface area (Å²) in [6, 6.07) is 10.5. The molecule has 7 nitrogen and oxygen atoms in total. The highest BCUT2D eigenvalue weighted by Crippen LogP contribution is 2.31. The van der Waals surface area contributed by atoms with Crippen molar-refractivity contribution in [1.29, 1.82) is 5.26 Å². The van der Waals surface area contributed by atoms with E-state index in [1.54, 1.807) is 6.20 Å². The van der Waals surface area contributed by atoms with Gasteiger partial charge in [-0.1, -0.05) is 17.7 Å². The van der Waals surface area contributed by atoms with Gasteiger partial charge in [-0.3, -0.25) is 0 Å². The molecule has 0 amide bonds. The van der Waals surface area contributed by atoms with E-state index in [0.717, 1.165) is 29.9 Å². The summed E-state index contributed by atoms with van der Waals surface area (Å²) in [5.74, 6) is 0.774. The maximum Gasteiger partial charge on any atom is 0.144 e. The number of fused-ring (bicyclic) bond motifs is 1. The van der Waals surface area contributed by atoms with Crippen molar-refractivity contribution >= 4 is 22.5 Å². The summed E-state index contributed by atoms with van der Waals surface area (Å²) in [5, 5.41) is 13.6. The SMILES string of the molecule is Cc1ccc(NCC2(N)CCN(c3ncnc4[nH]cc(C#N)c34)C2)cc1. The van der Waals surface area contributed by atoms with E-state index < -0.39 is 0 Å². The predicted molar refractivity (Wildman–Crippen MR) is 102 cm³/mol. The highest BCUT2D eigenvalue weighted by molar-refractivity contribution is 5.93. The Kier molecular flexibility index (Phi) is 3.98. The van der Waals surface area contributed by atoms with Crippen molar-refractivity contribution in [2.24, 2.45) is 5.73 Å². The van der Waals surface area contributed by atoms with Crippen LogP contribution in [0, 0.1) is 18.3 Å². The molecule has 26 heavy (non-hydrogen) atoms. The molecule has 4 N–H and O–H groups in total. The lowest BCUT2D eigenvalue weighted by atomic mass is 10.00. The molecule has 1 aliphatic heterocycles. The van der Waals surface area contributed by atoms with Crippen LogP contribution in [0.15, 0.2) is 36.8 Å². The molecule has 1 aliphatic rings. The molecule has 0 radical (unpaired) electrons. The summed E-state index contributed by atoms with van der Waals surface area (Å²) in [4.78, 5) is 13.8. The normalized spacial score (nSPS) is 19.7. The molecule has 0 bridgehead atoms. The number of H-pyrrole nitrogens is 1. The van der Waals surface area contributed by atoms with E-state index in [1.807, 2.05) is 0 Å². The summed E-state index contributed by atoms with van der Waals surface area (Å²) in [5.41, 5.74) is 9.82. The molecule has 132 valence electrons. The van der Waals surface area contributed by atoms with Crippen molar-refractivity contribution in [2.45, 2.75) is 18.9 Å². The van der Waals surface area contributed by atoms with E-state index in [1.165, 1.54) is 11.9 Å². The molecule has 1 aromatic carbocycles. The van der Waals surface area contributed by atoms with Gasteiger partial charge in [0.15, 0.2) is 0 Å². The number of nitrogens with two attached hydrogens (primary N) is 1. The molecule has 4 rings (SSSR count). The zero-order valence-corrected chi connectivity index (χ0v) is 14.7. The van der Waals surface area contributed by atoms with E-state index in [4.69, 9.17) is 5.73 Å². The van der Waals surface area contributed by atoms with Crippen molar-refractivity contribution in [3.8, 4) is 6.07 Å². The lowest BCUT2D eigenvalue weighted by Crippen LogP contribution is -2.48. The number of aromatic amines is 1. The average molecular weight is 347 g/mol. The first kappa shape index (κ1) is 16.4. The minimum Gasteiger partial charge on any atom is -0.383 e. The van der Waals surface area contributed by atoms with Crippen molar-refractivity contribution < 1.29 is 0 Å². The molecule has 0 spiro atoms. The van der Waals surface area contributed by atoms with E-state index in [0.29, 0.717) is 24.3 Å². The fourth-order valence-corrected chi connectivity index (χ4v) is 3.44. The van der Waals surface area contributed by atoms with Gasteiger partial charge in [0.25, 0.3) is 0 Å². The van der Waals surface area contributed by atoms with Crippen molar-refractivity contribution in [2.75, 3.05) is 29.9 Å². The number of nitrogens with zero attached hydrogens (tertiary/aromatic N) is 4. The van der Waals surface area contributed by atoms with Gasteiger partial charge in [0.2, 0.25) is 0 Å². The molecular weight excluding hydrogens is 326 g/mol. The third kappa shape index (κ3) is 2.95. The first-order chi connectivity index (χ1) is 12.6. The highest BCUT2D eigenvalue weighted by Gasteiger charge is 2.36. The van der Waals surface area contributed by atoms with Crippen LogP contribution in [0.4, 0.5) is 11.5 Å². The molecule has 0 saturated carbocycles. The van der Waals surface area contributed by atoms with Crippen LogP contribution >= 0.6 is 0 Å². The van der Waals surface area contributed by atoms with Gasteiger partial charge in [-0.2, -0.15) is 5.26 Å². The monoisotopic (exact) mass is 347 g/mol. The van der Waals surface area contributed by atoms with Gasteiger partial charge in [-0.15, -0.1) is 0 Å². The number of nitriles is 1. The smallest absolute Gasteiger partial charge is 0.144 e. The minimum atomic E-state index is -0.356. The summed E-state index contributed by atoms with van der Waals surface area (Å²) in [7, 11) is 0. The van der Waals surface area contributed by atoms with Crippen LogP contribution in [0.2, 0.25) is 0 Å². The number of aromatic nitrogens is 3. The van der Waals surface area contributed by atoms with Gasteiger partial charge in [-0.25, -0.2) is 9.97 Å². The standard InChI is InChI=1S/C19H21N7/c1-13-2-4-15(5-3-13)23-10-19(21)6-7-26(11-19)18-16-14(8-20)9-22-17(16)24-12-25-18/h2-5,9,12,23H,6-7,10-11,21H2,1H3,(H,22,24,25). The first-order valence-electron chi connectivity index (χ1n) is 8.64. The van der Waals surface area contributed by atoms with E-state index in [-0.39, 0.29) is 5.54 Å². The summed E-state index contributed by atoms with van der Waals surface area (Å²) >= 11 is 0. The lowest BCUT2D eigenvalue weighted by Gasteiger charge is -2.26. The minimum absolute atomic E-state index is 0.356. The summed E-state index contributed by atoms with van der Waals surface area (Å²) in [6.07, 6.45) is 4.05. The first-order valence-corrected chi connectivity index (χ1v) is 8.64. The van der Waals surface area contributed by atoms with Gasteiger partial charge in [0.1, 0.15) is 23.9 Å². The van der Waals surface area contributed by atoms with E-state index in [9.17, 15) is 5.26 Å². The number of rotatable bonds is 4. The Bertz CT molecular complexity index is 970. The largest absolute Gasteiger partial charge is 0.383 e. The molecule has 1 saturated heterocycles. The number of aryl methyl sites for hydroxylation is 1. The topological polar surface area (TPSA) is 107 Å². The molecule has 7 heteroatoms. The van der Waals surface area contributed by atoms with Crippen LogP contribution < -0.4 is 16.0 Å². The third-order valence-electron chi connectivity index (χ3n) is 4.95.